The summed E-state index contributed by atoms with van der Waals surface area (Å²) in [4.78, 5) is 11.0. The van der Waals surface area contributed by atoms with Gasteiger partial charge in [0.05, 0.1) is 17.7 Å². The number of carbonyl (C=O) groups excluding carboxylic acids is 1. The third-order valence-electron chi connectivity index (χ3n) is 1.40. The number of carbonyl (C=O) groups is 1. The molecule has 0 aliphatic heterocycles. The summed E-state index contributed by atoms with van der Waals surface area (Å²) in [5, 5.41) is 0.344. The summed E-state index contributed by atoms with van der Waals surface area (Å²) >= 11 is 5.71. The normalized spacial score (nSPS) is 8.57. The highest BCUT2D eigenvalue weighted by Crippen LogP contribution is 2.19. The minimum Gasteiger partial charge on any atom is -0.465 e. The third kappa shape index (κ3) is 3.26. The fourth-order valence-corrected chi connectivity index (χ4v) is 1.00. The maximum absolute atomic E-state index is 11.0. The standard InChI is InChI=1S/C8H8ClNO2.C2H6/c1-12-8(11)6-4-5(10)2-3-7(6)9;1-2/h2-4H,10H2,1H3;1-2H3. The van der Waals surface area contributed by atoms with Crippen molar-refractivity contribution in [2.75, 3.05) is 12.8 Å². The lowest BCUT2D eigenvalue weighted by Gasteiger charge is -2.02. The maximum atomic E-state index is 11.0. The smallest absolute Gasteiger partial charge is 0.339 e. The minimum atomic E-state index is -0.479. The predicted molar refractivity (Wildman–Crippen MR) is 58.6 cm³/mol. The average Bonchev–Trinajstić information content (AvgIpc) is 2.23. The molecule has 0 aliphatic rings. The molecule has 0 unspecified atom stereocenters. The average molecular weight is 216 g/mol. The first-order chi connectivity index (χ1) is 6.65. The zero-order chi connectivity index (χ0) is 11.1. The number of hydrogen-bond acceptors (Lipinski definition) is 3. The number of ether oxygens (including phenoxy) is 1. The van der Waals surface area contributed by atoms with Crippen molar-refractivity contribution in [2.24, 2.45) is 0 Å². The Labute approximate surface area is 88.8 Å². The lowest BCUT2D eigenvalue weighted by molar-refractivity contribution is 0.0601. The van der Waals surface area contributed by atoms with Crippen LogP contribution >= 0.6 is 11.6 Å². The van der Waals surface area contributed by atoms with Crippen molar-refractivity contribution in [3.05, 3.63) is 28.8 Å². The number of rotatable bonds is 1. The fourth-order valence-electron chi connectivity index (χ4n) is 0.809. The molecular weight excluding hydrogens is 202 g/mol. The topological polar surface area (TPSA) is 52.3 Å². The molecule has 1 rings (SSSR count). The van der Waals surface area contributed by atoms with Crippen LogP contribution in [0.4, 0.5) is 5.69 Å². The van der Waals surface area contributed by atoms with Crippen molar-refractivity contribution in [3.8, 4) is 0 Å². The zero-order valence-corrected chi connectivity index (χ0v) is 9.26. The molecule has 0 bridgehead atoms. The predicted octanol–water partition coefficient (Wildman–Crippen LogP) is 2.74. The van der Waals surface area contributed by atoms with E-state index in [-0.39, 0.29) is 0 Å². The molecule has 0 saturated heterocycles. The van der Waals surface area contributed by atoms with Gasteiger partial charge in [0.25, 0.3) is 0 Å². The van der Waals surface area contributed by atoms with Crippen molar-refractivity contribution in [3.63, 3.8) is 0 Å². The number of methoxy groups -OCH3 is 1. The van der Waals surface area contributed by atoms with Crippen LogP contribution in [0, 0.1) is 0 Å². The first-order valence-corrected chi connectivity index (χ1v) is 4.66. The van der Waals surface area contributed by atoms with Gasteiger partial charge in [-0.2, -0.15) is 0 Å². The van der Waals surface area contributed by atoms with E-state index < -0.39 is 5.97 Å². The molecule has 1 aromatic rings. The molecule has 3 nitrogen and oxygen atoms in total. The molecule has 1 aromatic carbocycles. The summed E-state index contributed by atoms with van der Waals surface area (Å²) in [5.74, 6) is -0.479. The molecule has 0 atom stereocenters. The SMILES string of the molecule is CC.COC(=O)c1cc(N)ccc1Cl. The Morgan fingerprint density at radius 1 is 1.43 bits per heavy atom. The second-order valence-electron chi connectivity index (χ2n) is 2.23. The van der Waals surface area contributed by atoms with Crippen LogP contribution in [0.2, 0.25) is 5.02 Å². The van der Waals surface area contributed by atoms with Gasteiger partial charge >= 0.3 is 5.97 Å². The summed E-state index contributed by atoms with van der Waals surface area (Å²) in [6.45, 7) is 4.00. The Hall–Kier alpha value is -1.22. The molecule has 0 aromatic heterocycles. The van der Waals surface area contributed by atoms with Crippen LogP contribution in [-0.4, -0.2) is 13.1 Å². The van der Waals surface area contributed by atoms with Crippen LogP contribution in [0.1, 0.15) is 24.2 Å². The Morgan fingerprint density at radius 2 is 2.00 bits per heavy atom. The second-order valence-corrected chi connectivity index (χ2v) is 2.64. The Balaban J connectivity index is 0.000000791. The number of esters is 1. The van der Waals surface area contributed by atoms with Gasteiger partial charge in [0, 0.05) is 5.69 Å². The monoisotopic (exact) mass is 215 g/mol. The van der Waals surface area contributed by atoms with Crippen molar-refractivity contribution >= 4 is 23.3 Å². The van der Waals surface area contributed by atoms with Gasteiger partial charge < -0.3 is 10.5 Å². The van der Waals surface area contributed by atoms with E-state index in [0.29, 0.717) is 16.3 Å². The van der Waals surface area contributed by atoms with Gasteiger partial charge in [-0.15, -0.1) is 0 Å². The van der Waals surface area contributed by atoms with E-state index in [9.17, 15) is 4.79 Å². The van der Waals surface area contributed by atoms with E-state index in [4.69, 9.17) is 17.3 Å². The van der Waals surface area contributed by atoms with Crippen LogP contribution in [0.15, 0.2) is 18.2 Å². The van der Waals surface area contributed by atoms with Crippen molar-refractivity contribution < 1.29 is 9.53 Å². The summed E-state index contributed by atoms with van der Waals surface area (Å²) in [6, 6.07) is 4.66. The molecular formula is C10H14ClNO2. The highest BCUT2D eigenvalue weighted by atomic mass is 35.5. The molecule has 4 heteroatoms. The van der Waals surface area contributed by atoms with E-state index in [1.165, 1.54) is 13.2 Å². The van der Waals surface area contributed by atoms with Gasteiger partial charge in [0.1, 0.15) is 0 Å². The largest absolute Gasteiger partial charge is 0.465 e. The number of benzene rings is 1. The lowest BCUT2D eigenvalue weighted by atomic mass is 10.2. The van der Waals surface area contributed by atoms with Gasteiger partial charge in [-0.25, -0.2) is 4.79 Å². The van der Waals surface area contributed by atoms with Crippen molar-refractivity contribution in [1.82, 2.24) is 0 Å². The number of nitrogen functional groups attached to an aromatic ring is 1. The Kier molecular flexibility index (Phi) is 5.72. The molecule has 0 heterocycles. The summed E-state index contributed by atoms with van der Waals surface area (Å²) in [5.41, 5.74) is 6.23. The molecule has 2 N–H and O–H groups in total. The number of nitrogens with two attached hydrogens (primary N) is 1. The molecule has 0 aliphatic carbocycles. The molecule has 0 spiro atoms. The summed E-state index contributed by atoms with van der Waals surface area (Å²) in [6.07, 6.45) is 0. The van der Waals surface area contributed by atoms with Crippen molar-refractivity contribution in [2.45, 2.75) is 13.8 Å². The third-order valence-corrected chi connectivity index (χ3v) is 1.73. The van der Waals surface area contributed by atoms with Gasteiger partial charge in [0.2, 0.25) is 0 Å². The van der Waals surface area contributed by atoms with Gasteiger partial charge in [0.15, 0.2) is 0 Å². The van der Waals surface area contributed by atoms with Crippen LogP contribution in [0.5, 0.6) is 0 Å². The molecule has 0 amide bonds. The Morgan fingerprint density at radius 3 is 2.50 bits per heavy atom. The summed E-state index contributed by atoms with van der Waals surface area (Å²) in [7, 11) is 1.29. The van der Waals surface area contributed by atoms with Crippen LogP contribution in [0.3, 0.4) is 0 Å². The molecule has 14 heavy (non-hydrogen) atoms. The van der Waals surface area contributed by atoms with Crippen LogP contribution in [0.25, 0.3) is 0 Å². The van der Waals surface area contributed by atoms with Gasteiger partial charge in [-0.1, -0.05) is 25.4 Å². The van der Waals surface area contributed by atoms with Crippen molar-refractivity contribution in [1.29, 1.82) is 0 Å². The summed E-state index contributed by atoms with van der Waals surface area (Å²) < 4.78 is 4.49. The first-order valence-electron chi connectivity index (χ1n) is 4.28. The van der Waals surface area contributed by atoms with Gasteiger partial charge in [-0.05, 0) is 18.2 Å². The van der Waals surface area contributed by atoms with E-state index >= 15 is 0 Å². The molecule has 0 saturated carbocycles. The van der Waals surface area contributed by atoms with Gasteiger partial charge in [-0.3, -0.25) is 0 Å². The second kappa shape index (κ2) is 6.27. The molecule has 78 valence electrons. The van der Waals surface area contributed by atoms with E-state index in [2.05, 4.69) is 4.74 Å². The molecule has 0 radical (unpaired) electrons. The minimum absolute atomic E-state index is 0.291. The Bertz CT molecular complexity index is 313. The number of halogens is 1. The van der Waals surface area contributed by atoms with E-state index in [1.807, 2.05) is 13.8 Å². The van der Waals surface area contributed by atoms with Crippen LogP contribution in [-0.2, 0) is 4.74 Å². The molecule has 0 fully saturated rings. The van der Waals surface area contributed by atoms with Crippen LogP contribution < -0.4 is 5.73 Å². The zero-order valence-electron chi connectivity index (χ0n) is 8.50. The number of hydrogen-bond donors (Lipinski definition) is 1. The highest BCUT2D eigenvalue weighted by molar-refractivity contribution is 6.33. The number of anilines is 1. The maximum Gasteiger partial charge on any atom is 0.339 e. The quantitative estimate of drug-likeness (QED) is 0.579. The van der Waals surface area contributed by atoms with E-state index in [1.54, 1.807) is 12.1 Å². The first kappa shape index (κ1) is 12.8. The fraction of sp³-hybridized carbons (Fsp3) is 0.300. The highest BCUT2D eigenvalue weighted by Gasteiger charge is 2.09. The van der Waals surface area contributed by atoms with E-state index in [0.717, 1.165) is 0 Å². The lowest BCUT2D eigenvalue weighted by Crippen LogP contribution is -2.02.